The Kier molecular flexibility index (Phi) is 2.22. The van der Waals surface area contributed by atoms with E-state index >= 15 is 0 Å². The van der Waals surface area contributed by atoms with Crippen LogP contribution in [0.2, 0.25) is 0 Å². The van der Waals surface area contributed by atoms with Gasteiger partial charge in [-0.1, -0.05) is 62.2 Å². The highest BCUT2D eigenvalue weighted by molar-refractivity contribution is 9.10. The van der Waals surface area contributed by atoms with Crippen LogP contribution in [0.5, 0.6) is 0 Å². The lowest BCUT2D eigenvalue weighted by molar-refractivity contribution is 1.24. The molecule has 0 fully saturated rings. The molecular formula is C13H8Br2. The van der Waals surface area contributed by atoms with Gasteiger partial charge in [0.2, 0.25) is 0 Å². The van der Waals surface area contributed by atoms with Gasteiger partial charge in [-0.2, -0.15) is 0 Å². The summed E-state index contributed by atoms with van der Waals surface area (Å²) < 4.78 is 1.14. The maximum absolute atomic E-state index is 3.75. The van der Waals surface area contributed by atoms with Gasteiger partial charge < -0.3 is 0 Å². The van der Waals surface area contributed by atoms with Crippen LogP contribution in [0.1, 0.15) is 16.0 Å². The highest BCUT2D eigenvalue weighted by Gasteiger charge is 2.25. The zero-order chi connectivity index (χ0) is 10.4. The second-order valence-electron chi connectivity index (χ2n) is 3.68. The molecule has 1 aliphatic carbocycles. The van der Waals surface area contributed by atoms with Gasteiger partial charge in [0.1, 0.15) is 0 Å². The summed E-state index contributed by atoms with van der Waals surface area (Å²) in [7, 11) is 0. The van der Waals surface area contributed by atoms with E-state index in [9.17, 15) is 0 Å². The van der Waals surface area contributed by atoms with Crippen LogP contribution < -0.4 is 0 Å². The van der Waals surface area contributed by atoms with E-state index in [1.807, 2.05) is 0 Å². The number of hydrogen-bond donors (Lipinski definition) is 0. The molecule has 0 aliphatic heterocycles. The molecular weight excluding hydrogens is 316 g/mol. The molecule has 15 heavy (non-hydrogen) atoms. The standard InChI is InChI=1S/C13H8Br2/c14-8-5-6-10-9-3-1-2-4-11(9)13(15)12(10)7-8/h1-7,13H/t13-/m1/s1. The number of rotatable bonds is 0. The summed E-state index contributed by atoms with van der Waals surface area (Å²) >= 11 is 7.27. The normalized spacial score (nSPS) is 17.3. The van der Waals surface area contributed by atoms with E-state index in [4.69, 9.17) is 0 Å². The zero-order valence-electron chi connectivity index (χ0n) is 7.87. The first kappa shape index (κ1) is 9.61. The summed E-state index contributed by atoms with van der Waals surface area (Å²) in [6, 6.07) is 15.0. The number of hydrogen-bond acceptors (Lipinski definition) is 0. The summed E-state index contributed by atoms with van der Waals surface area (Å²) in [5, 5.41) is 0. The van der Waals surface area contributed by atoms with Crippen LogP contribution in [-0.2, 0) is 0 Å². The topological polar surface area (TPSA) is 0 Å². The third kappa shape index (κ3) is 1.39. The van der Waals surface area contributed by atoms with E-state index in [1.54, 1.807) is 0 Å². The molecule has 0 amide bonds. The maximum Gasteiger partial charge on any atom is 0.0656 e. The zero-order valence-corrected chi connectivity index (χ0v) is 11.0. The average Bonchev–Trinajstić information content (AvgIpc) is 2.54. The molecule has 0 heterocycles. The summed E-state index contributed by atoms with van der Waals surface area (Å²) in [5.74, 6) is 0. The van der Waals surface area contributed by atoms with E-state index < -0.39 is 0 Å². The highest BCUT2D eigenvalue weighted by atomic mass is 79.9. The molecule has 0 aromatic heterocycles. The van der Waals surface area contributed by atoms with Crippen molar-refractivity contribution in [2.45, 2.75) is 4.83 Å². The van der Waals surface area contributed by atoms with Crippen molar-refractivity contribution in [1.82, 2.24) is 0 Å². The molecule has 0 unspecified atom stereocenters. The molecule has 2 aromatic carbocycles. The number of fused-ring (bicyclic) bond motifs is 3. The maximum atomic E-state index is 3.75. The Morgan fingerprint density at radius 3 is 2.47 bits per heavy atom. The predicted molar refractivity (Wildman–Crippen MR) is 70.3 cm³/mol. The second kappa shape index (κ2) is 3.46. The Balaban J connectivity index is 2.32. The van der Waals surface area contributed by atoms with Crippen LogP contribution in [0.4, 0.5) is 0 Å². The number of halogens is 2. The molecule has 0 saturated carbocycles. The lowest BCUT2D eigenvalue weighted by Gasteiger charge is -2.03. The summed E-state index contributed by atoms with van der Waals surface area (Å²) in [4.78, 5) is 0.334. The smallest absolute Gasteiger partial charge is 0.0656 e. The quantitative estimate of drug-likeness (QED) is 0.604. The van der Waals surface area contributed by atoms with Crippen molar-refractivity contribution in [3.05, 3.63) is 58.1 Å². The largest absolute Gasteiger partial charge is 0.0786 e. The van der Waals surface area contributed by atoms with Gasteiger partial charge in [-0.25, -0.2) is 0 Å². The van der Waals surface area contributed by atoms with Crippen molar-refractivity contribution < 1.29 is 0 Å². The number of alkyl halides is 1. The molecule has 1 atom stereocenters. The summed E-state index contributed by atoms with van der Waals surface area (Å²) in [5.41, 5.74) is 5.41. The van der Waals surface area contributed by atoms with E-state index in [0.717, 1.165) is 4.47 Å². The van der Waals surface area contributed by atoms with Gasteiger partial charge in [0.15, 0.2) is 0 Å². The molecule has 0 N–H and O–H groups in total. The van der Waals surface area contributed by atoms with Gasteiger partial charge in [-0.15, -0.1) is 0 Å². The molecule has 2 heteroatoms. The van der Waals surface area contributed by atoms with E-state index in [-0.39, 0.29) is 0 Å². The van der Waals surface area contributed by atoms with Crippen LogP contribution in [0.3, 0.4) is 0 Å². The first-order chi connectivity index (χ1) is 7.27. The van der Waals surface area contributed by atoms with Crippen molar-refractivity contribution >= 4 is 31.9 Å². The first-order valence-electron chi connectivity index (χ1n) is 4.80. The average molecular weight is 324 g/mol. The molecule has 1 aliphatic rings. The molecule has 0 saturated heterocycles. The van der Waals surface area contributed by atoms with Crippen LogP contribution >= 0.6 is 31.9 Å². The van der Waals surface area contributed by atoms with Gasteiger partial charge in [-0.3, -0.25) is 0 Å². The van der Waals surface area contributed by atoms with Crippen molar-refractivity contribution in [2.24, 2.45) is 0 Å². The van der Waals surface area contributed by atoms with E-state index in [2.05, 4.69) is 74.3 Å². The number of benzene rings is 2. The van der Waals surface area contributed by atoms with Gasteiger partial charge in [0.05, 0.1) is 4.83 Å². The first-order valence-corrected chi connectivity index (χ1v) is 6.51. The minimum atomic E-state index is 0.334. The lowest BCUT2D eigenvalue weighted by atomic mass is 10.1. The van der Waals surface area contributed by atoms with Crippen LogP contribution in [0, 0.1) is 0 Å². The molecule has 0 radical (unpaired) electrons. The van der Waals surface area contributed by atoms with Gasteiger partial charge in [0.25, 0.3) is 0 Å². The molecule has 0 bridgehead atoms. The summed E-state index contributed by atoms with van der Waals surface area (Å²) in [6.07, 6.45) is 0. The lowest BCUT2D eigenvalue weighted by Crippen LogP contribution is -1.84. The Hall–Kier alpha value is -0.600. The predicted octanol–water partition coefficient (Wildman–Crippen LogP) is 4.91. The van der Waals surface area contributed by atoms with Gasteiger partial charge >= 0.3 is 0 Å². The molecule has 0 nitrogen and oxygen atoms in total. The van der Waals surface area contributed by atoms with Crippen LogP contribution in [0.15, 0.2) is 46.9 Å². The van der Waals surface area contributed by atoms with Crippen molar-refractivity contribution in [1.29, 1.82) is 0 Å². The third-order valence-electron chi connectivity index (χ3n) is 2.81. The fraction of sp³-hybridized carbons (Fsp3) is 0.0769. The minimum absolute atomic E-state index is 0.334. The van der Waals surface area contributed by atoms with E-state index in [0.29, 0.717) is 4.83 Å². The van der Waals surface area contributed by atoms with Crippen LogP contribution in [-0.4, -0.2) is 0 Å². The molecule has 3 rings (SSSR count). The Bertz CT molecular complexity index is 532. The Morgan fingerprint density at radius 1 is 0.867 bits per heavy atom. The van der Waals surface area contributed by atoms with Crippen molar-refractivity contribution in [3.63, 3.8) is 0 Å². The second-order valence-corrected chi connectivity index (χ2v) is 5.51. The molecule has 74 valence electrons. The summed E-state index contributed by atoms with van der Waals surface area (Å²) in [6.45, 7) is 0. The fourth-order valence-electron chi connectivity index (χ4n) is 2.12. The van der Waals surface area contributed by atoms with E-state index in [1.165, 1.54) is 22.3 Å². The van der Waals surface area contributed by atoms with Crippen molar-refractivity contribution in [3.8, 4) is 11.1 Å². The van der Waals surface area contributed by atoms with Crippen LogP contribution in [0.25, 0.3) is 11.1 Å². The Labute approximate surface area is 106 Å². The monoisotopic (exact) mass is 322 g/mol. The van der Waals surface area contributed by atoms with Gasteiger partial charge in [0, 0.05) is 4.47 Å². The highest BCUT2D eigenvalue weighted by Crippen LogP contribution is 2.48. The van der Waals surface area contributed by atoms with Crippen molar-refractivity contribution in [2.75, 3.05) is 0 Å². The van der Waals surface area contributed by atoms with Gasteiger partial charge in [-0.05, 0) is 34.4 Å². The molecule has 2 aromatic rings. The third-order valence-corrected chi connectivity index (χ3v) is 4.29. The SMILES string of the molecule is Brc1ccc2c(c1)[C@H](Br)c1ccccc1-2. The minimum Gasteiger partial charge on any atom is -0.0786 e. The molecule has 0 spiro atoms. The fourth-order valence-corrected chi connectivity index (χ4v) is 3.28. The Morgan fingerprint density at radius 2 is 1.60 bits per heavy atom.